The molecule has 0 atom stereocenters. The first kappa shape index (κ1) is 19.0. The van der Waals surface area contributed by atoms with Crippen molar-refractivity contribution >= 4 is 5.91 Å². The van der Waals surface area contributed by atoms with Crippen molar-refractivity contribution in [2.24, 2.45) is 0 Å². The third-order valence-electron chi connectivity index (χ3n) is 3.56. The van der Waals surface area contributed by atoms with Crippen LogP contribution in [0.25, 0.3) is 11.4 Å². The number of carbonyl (C=O) groups excluding carboxylic acids is 1. The van der Waals surface area contributed by atoms with Crippen LogP contribution in [-0.4, -0.2) is 49.4 Å². The van der Waals surface area contributed by atoms with E-state index in [0.29, 0.717) is 49.0 Å². The van der Waals surface area contributed by atoms with E-state index in [1.54, 1.807) is 26.2 Å². The molecule has 7 nitrogen and oxygen atoms in total. The lowest BCUT2D eigenvalue weighted by Gasteiger charge is -2.05. The van der Waals surface area contributed by atoms with E-state index in [0.717, 1.165) is 6.54 Å². The van der Waals surface area contributed by atoms with Crippen LogP contribution in [0.3, 0.4) is 0 Å². The van der Waals surface area contributed by atoms with Crippen molar-refractivity contribution < 1.29 is 18.4 Å². The van der Waals surface area contributed by atoms with Gasteiger partial charge < -0.3 is 19.9 Å². The standard InChI is InChI=1S/C17H23FN4O3/c1-12-11-13(3-4-14(12)18)17-21-16(25-22-17)6-5-15(23)20-8-7-19-9-10-24-2/h3-4,11,19H,5-10H2,1-2H3,(H,20,23). The third-order valence-corrected chi connectivity index (χ3v) is 3.56. The summed E-state index contributed by atoms with van der Waals surface area (Å²) in [7, 11) is 1.64. The lowest BCUT2D eigenvalue weighted by atomic mass is 10.1. The Morgan fingerprint density at radius 3 is 2.92 bits per heavy atom. The molecule has 0 spiro atoms. The predicted octanol–water partition coefficient (Wildman–Crippen LogP) is 1.47. The highest BCUT2D eigenvalue weighted by atomic mass is 19.1. The average molecular weight is 350 g/mol. The molecule has 0 aliphatic rings. The molecular formula is C17H23FN4O3. The summed E-state index contributed by atoms with van der Waals surface area (Å²) < 4.78 is 23.4. The highest BCUT2D eigenvalue weighted by molar-refractivity contribution is 5.76. The normalized spacial score (nSPS) is 10.8. The summed E-state index contributed by atoms with van der Waals surface area (Å²) in [5, 5.41) is 9.82. The zero-order valence-electron chi connectivity index (χ0n) is 14.5. The number of rotatable bonds is 10. The number of nitrogens with zero attached hydrogens (tertiary/aromatic N) is 2. The first-order valence-corrected chi connectivity index (χ1v) is 8.15. The van der Waals surface area contributed by atoms with E-state index in [4.69, 9.17) is 9.26 Å². The second-order valence-electron chi connectivity index (χ2n) is 5.57. The number of methoxy groups -OCH3 is 1. The molecule has 1 heterocycles. The van der Waals surface area contributed by atoms with Gasteiger partial charge in [-0.1, -0.05) is 5.16 Å². The lowest BCUT2D eigenvalue weighted by Crippen LogP contribution is -2.33. The molecule has 0 radical (unpaired) electrons. The molecule has 2 N–H and O–H groups in total. The molecule has 0 unspecified atom stereocenters. The molecule has 1 aromatic carbocycles. The van der Waals surface area contributed by atoms with E-state index in [1.165, 1.54) is 6.07 Å². The Kier molecular flexibility index (Phi) is 7.49. The fourth-order valence-corrected chi connectivity index (χ4v) is 2.16. The molecule has 2 aromatic rings. The van der Waals surface area contributed by atoms with Crippen LogP contribution in [0.2, 0.25) is 0 Å². The van der Waals surface area contributed by atoms with Gasteiger partial charge in [0.1, 0.15) is 5.82 Å². The number of aromatic nitrogens is 2. The first-order chi connectivity index (χ1) is 12.1. The van der Waals surface area contributed by atoms with E-state index in [-0.39, 0.29) is 18.1 Å². The van der Waals surface area contributed by atoms with Crippen molar-refractivity contribution in [3.8, 4) is 11.4 Å². The average Bonchev–Trinajstić information content (AvgIpc) is 3.07. The Bertz CT molecular complexity index is 690. The Labute approximate surface area is 145 Å². The molecule has 0 aliphatic carbocycles. The van der Waals surface area contributed by atoms with Gasteiger partial charge in [-0.15, -0.1) is 0 Å². The summed E-state index contributed by atoms with van der Waals surface area (Å²) in [4.78, 5) is 16.0. The van der Waals surface area contributed by atoms with Crippen LogP contribution in [0.1, 0.15) is 17.9 Å². The van der Waals surface area contributed by atoms with Gasteiger partial charge in [-0.2, -0.15) is 4.98 Å². The van der Waals surface area contributed by atoms with Crippen LogP contribution in [0.5, 0.6) is 0 Å². The maximum atomic E-state index is 13.3. The van der Waals surface area contributed by atoms with Gasteiger partial charge in [0.25, 0.3) is 0 Å². The van der Waals surface area contributed by atoms with Gasteiger partial charge in [0.2, 0.25) is 17.6 Å². The molecule has 8 heteroatoms. The van der Waals surface area contributed by atoms with Gasteiger partial charge in [-0.3, -0.25) is 4.79 Å². The largest absolute Gasteiger partial charge is 0.383 e. The van der Waals surface area contributed by atoms with Crippen molar-refractivity contribution in [2.75, 3.05) is 33.4 Å². The second-order valence-corrected chi connectivity index (χ2v) is 5.57. The minimum Gasteiger partial charge on any atom is -0.383 e. The minimum absolute atomic E-state index is 0.0779. The van der Waals surface area contributed by atoms with Gasteiger partial charge in [0.05, 0.1) is 6.61 Å². The number of nitrogens with one attached hydrogen (secondary N) is 2. The fraction of sp³-hybridized carbons (Fsp3) is 0.471. The fourth-order valence-electron chi connectivity index (χ4n) is 2.16. The summed E-state index contributed by atoms with van der Waals surface area (Å²) in [6.07, 6.45) is 0.623. The smallest absolute Gasteiger partial charge is 0.227 e. The lowest BCUT2D eigenvalue weighted by molar-refractivity contribution is -0.121. The molecule has 136 valence electrons. The van der Waals surface area contributed by atoms with E-state index < -0.39 is 0 Å². The number of hydrogen-bond acceptors (Lipinski definition) is 6. The maximum absolute atomic E-state index is 13.3. The summed E-state index contributed by atoms with van der Waals surface area (Å²) in [6, 6.07) is 4.63. The van der Waals surface area contributed by atoms with Crippen molar-refractivity contribution in [3.63, 3.8) is 0 Å². The molecule has 1 aromatic heterocycles. The quantitative estimate of drug-likeness (QED) is 0.631. The van der Waals surface area contributed by atoms with Gasteiger partial charge in [0, 0.05) is 45.1 Å². The van der Waals surface area contributed by atoms with Crippen molar-refractivity contribution in [1.82, 2.24) is 20.8 Å². The molecule has 2 rings (SSSR count). The van der Waals surface area contributed by atoms with Crippen LogP contribution in [0.15, 0.2) is 22.7 Å². The van der Waals surface area contributed by atoms with Crippen LogP contribution in [0, 0.1) is 12.7 Å². The maximum Gasteiger partial charge on any atom is 0.227 e. The SMILES string of the molecule is COCCNCCNC(=O)CCc1nc(-c2ccc(F)c(C)c2)no1. The summed E-state index contributed by atoms with van der Waals surface area (Å²) in [5.41, 5.74) is 1.20. The van der Waals surface area contributed by atoms with Crippen molar-refractivity contribution in [2.45, 2.75) is 19.8 Å². The minimum atomic E-state index is -0.277. The Balaban J connectivity index is 1.74. The monoisotopic (exact) mass is 350 g/mol. The first-order valence-electron chi connectivity index (χ1n) is 8.15. The number of hydrogen-bond donors (Lipinski definition) is 2. The highest BCUT2D eigenvalue weighted by Crippen LogP contribution is 2.19. The Morgan fingerprint density at radius 1 is 1.32 bits per heavy atom. The van der Waals surface area contributed by atoms with Crippen molar-refractivity contribution in [3.05, 3.63) is 35.5 Å². The number of benzene rings is 1. The van der Waals surface area contributed by atoms with E-state index in [9.17, 15) is 9.18 Å². The third kappa shape index (κ3) is 6.24. The molecule has 0 bridgehead atoms. The van der Waals surface area contributed by atoms with Crippen molar-refractivity contribution in [1.29, 1.82) is 0 Å². The van der Waals surface area contributed by atoms with E-state index in [2.05, 4.69) is 20.8 Å². The number of ether oxygens (including phenoxy) is 1. The van der Waals surface area contributed by atoms with Gasteiger partial charge >= 0.3 is 0 Å². The Hall–Kier alpha value is -2.32. The van der Waals surface area contributed by atoms with Crippen LogP contribution in [-0.2, 0) is 16.0 Å². The topological polar surface area (TPSA) is 89.3 Å². The molecule has 25 heavy (non-hydrogen) atoms. The molecule has 0 fully saturated rings. The van der Waals surface area contributed by atoms with Gasteiger partial charge in [-0.05, 0) is 30.7 Å². The van der Waals surface area contributed by atoms with E-state index in [1.807, 2.05) is 0 Å². The number of amides is 1. The van der Waals surface area contributed by atoms with Crippen LogP contribution in [0.4, 0.5) is 4.39 Å². The van der Waals surface area contributed by atoms with Crippen LogP contribution < -0.4 is 10.6 Å². The van der Waals surface area contributed by atoms with Gasteiger partial charge in [-0.25, -0.2) is 4.39 Å². The van der Waals surface area contributed by atoms with E-state index >= 15 is 0 Å². The van der Waals surface area contributed by atoms with Gasteiger partial charge in [0.15, 0.2) is 0 Å². The number of halogens is 1. The highest BCUT2D eigenvalue weighted by Gasteiger charge is 2.11. The summed E-state index contributed by atoms with van der Waals surface area (Å²) in [6.45, 7) is 4.30. The second kappa shape index (κ2) is 9.85. The molecule has 0 saturated heterocycles. The van der Waals surface area contributed by atoms with Crippen LogP contribution >= 0.6 is 0 Å². The molecular weight excluding hydrogens is 327 g/mol. The number of aryl methyl sites for hydroxylation is 2. The zero-order valence-corrected chi connectivity index (χ0v) is 14.5. The summed E-state index contributed by atoms with van der Waals surface area (Å²) >= 11 is 0. The number of carbonyl (C=O) groups is 1. The molecule has 0 aliphatic heterocycles. The predicted molar refractivity (Wildman–Crippen MR) is 90.5 cm³/mol. The molecule has 1 amide bonds. The molecule has 0 saturated carbocycles. The Morgan fingerprint density at radius 2 is 2.16 bits per heavy atom. The zero-order chi connectivity index (χ0) is 18.1. The summed E-state index contributed by atoms with van der Waals surface area (Å²) in [5.74, 6) is 0.415.